The molecule has 1 saturated carbocycles. The average molecular weight is 126 g/mol. The maximum absolute atomic E-state index is 8.80. The summed E-state index contributed by atoms with van der Waals surface area (Å²) in [6, 6.07) is 0. The molecule has 0 aliphatic heterocycles. The quantitative estimate of drug-likeness (QED) is 0.555. The van der Waals surface area contributed by atoms with Crippen LogP contribution < -0.4 is 0 Å². The fourth-order valence-corrected chi connectivity index (χ4v) is 1.60. The summed E-state index contributed by atoms with van der Waals surface area (Å²) in [5.74, 6) is 1.01. The van der Waals surface area contributed by atoms with Crippen molar-refractivity contribution < 1.29 is 5.11 Å². The van der Waals surface area contributed by atoms with E-state index in [0.29, 0.717) is 23.9 Å². The van der Waals surface area contributed by atoms with Gasteiger partial charge in [0.1, 0.15) is 0 Å². The number of rotatable bonds is 2. The number of allylic oxidation sites excluding steroid dienone is 1. The van der Waals surface area contributed by atoms with Crippen LogP contribution in [-0.4, -0.2) is 11.7 Å². The van der Waals surface area contributed by atoms with Crippen LogP contribution in [0, 0.1) is 17.3 Å². The molecule has 0 saturated heterocycles. The van der Waals surface area contributed by atoms with E-state index in [9.17, 15) is 0 Å². The van der Waals surface area contributed by atoms with E-state index in [-0.39, 0.29) is 0 Å². The van der Waals surface area contributed by atoms with Gasteiger partial charge in [0.25, 0.3) is 0 Å². The van der Waals surface area contributed by atoms with Crippen molar-refractivity contribution in [2.45, 2.75) is 13.8 Å². The molecule has 1 aliphatic carbocycles. The maximum Gasteiger partial charge on any atom is 0.0470 e. The summed E-state index contributed by atoms with van der Waals surface area (Å²) in [4.78, 5) is 0. The Balaban J connectivity index is 2.54. The van der Waals surface area contributed by atoms with E-state index in [2.05, 4.69) is 20.4 Å². The van der Waals surface area contributed by atoms with E-state index in [4.69, 9.17) is 5.11 Å². The van der Waals surface area contributed by atoms with Crippen LogP contribution in [0.5, 0.6) is 0 Å². The van der Waals surface area contributed by atoms with Crippen LogP contribution in [-0.2, 0) is 0 Å². The second kappa shape index (κ2) is 1.84. The van der Waals surface area contributed by atoms with E-state index in [1.54, 1.807) is 0 Å². The van der Waals surface area contributed by atoms with E-state index in [1.807, 2.05) is 6.08 Å². The summed E-state index contributed by atoms with van der Waals surface area (Å²) in [6.07, 6.45) is 1.95. The van der Waals surface area contributed by atoms with Gasteiger partial charge >= 0.3 is 0 Å². The highest BCUT2D eigenvalue weighted by molar-refractivity contribution is 5.11. The molecule has 1 fully saturated rings. The van der Waals surface area contributed by atoms with Gasteiger partial charge in [-0.25, -0.2) is 0 Å². The highest BCUT2D eigenvalue weighted by Crippen LogP contribution is 2.58. The fourth-order valence-electron chi connectivity index (χ4n) is 1.60. The molecule has 0 bridgehead atoms. The molecule has 0 amide bonds. The van der Waals surface area contributed by atoms with Crippen LogP contribution in [0.1, 0.15) is 13.8 Å². The molecule has 0 aromatic heterocycles. The van der Waals surface area contributed by atoms with Crippen molar-refractivity contribution in [2.75, 3.05) is 6.61 Å². The molecule has 2 atom stereocenters. The van der Waals surface area contributed by atoms with Gasteiger partial charge in [0.15, 0.2) is 0 Å². The summed E-state index contributed by atoms with van der Waals surface area (Å²) >= 11 is 0. The smallest absolute Gasteiger partial charge is 0.0470 e. The average Bonchev–Trinajstić information content (AvgIpc) is 2.32. The number of hydrogen-bond donors (Lipinski definition) is 1. The first-order valence-electron chi connectivity index (χ1n) is 3.38. The standard InChI is InChI=1S/C8H14O/c1-4-6-7(5-9)8(6,2)3/h4,6-7,9H,1,5H2,2-3H3/t6-,7+/m0/s1. The first-order valence-corrected chi connectivity index (χ1v) is 3.38. The lowest BCUT2D eigenvalue weighted by molar-refractivity contribution is 0.256. The van der Waals surface area contributed by atoms with Crippen molar-refractivity contribution in [3.8, 4) is 0 Å². The SMILES string of the molecule is C=C[C@H]1[C@@H](CO)C1(C)C. The highest BCUT2D eigenvalue weighted by atomic mass is 16.3. The minimum Gasteiger partial charge on any atom is -0.396 e. The van der Waals surface area contributed by atoms with Gasteiger partial charge in [-0.2, -0.15) is 0 Å². The summed E-state index contributed by atoms with van der Waals surface area (Å²) < 4.78 is 0. The van der Waals surface area contributed by atoms with E-state index in [1.165, 1.54) is 0 Å². The Labute approximate surface area is 56.4 Å². The molecule has 52 valence electrons. The maximum atomic E-state index is 8.80. The summed E-state index contributed by atoms with van der Waals surface area (Å²) in [5, 5.41) is 8.80. The lowest BCUT2D eigenvalue weighted by Crippen LogP contribution is -1.93. The Morgan fingerprint density at radius 2 is 2.22 bits per heavy atom. The lowest BCUT2D eigenvalue weighted by atomic mass is 10.1. The van der Waals surface area contributed by atoms with Crippen LogP contribution in [0.3, 0.4) is 0 Å². The Morgan fingerprint density at radius 3 is 2.33 bits per heavy atom. The van der Waals surface area contributed by atoms with E-state index >= 15 is 0 Å². The zero-order chi connectivity index (χ0) is 7.07. The molecule has 0 heterocycles. The fraction of sp³-hybridized carbons (Fsp3) is 0.750. The molecule has 1 nitrogen and oxygen atoms in total. The topological polar surface area (TPSA) is 20.2 Å². The van der Waals surface area contributed by atoms with Crippen molar-refractivity contribution in [1.82, 2.24) is 0 Å². The van der Waals surface area contributed by atoms with Crippen LogP contribution in [0.15, 0.2) is 12.7 Å². The van der Waals surface area contributed by atoms with Gasteiger partial charge in [0, 0.05) is 6.61 Å². The second-order valence-corrected chi connectivity index (χ2v) is 3.37. The Bertz CT molecular complexity index is 127. The predicted octanol–water partition coefficient (Wildman–Crippen LogP) is 1.44. The predicted molar refractivity (Wildman–Crippen MR) is 38.0 cm³/mol. The zero-order valence-electron chi connectivity index (χ0n) is 6.09. The molecule has 0 spiro atoms. The molecular weight excluding hydrogens is 112 g/mol. The van der Waals surface area contributed by atoms with Crippen LogP contribution in [0.4, 0.5) is 0 Å². The largest absolute Gasteiger partial charge is 0.396 e. The molecule has 0 radical (unpaired) electrons. The molecule has 0 unspecified atom stereocenters. The van der Waals surface area contributed by atoms with Crippen molar-refractivity contribution in [2.24, 2.45) is 17.3 Å². The Kier molecular flexibility index (Phi) is 1.39. The van der Waals surface area contributed by atoms with Gasteiger partial charge in [0.05, 0.1) is 0 Å². The number of aliphatic hydroxyl groups is 1. The van der Waals surface area contributed by atoms with E-state index < -0.39 is 0 Å². The first kappa shape index (κ1) is 6.81. The van der Waals surface area contributed by atoms with Crippen LogP contribution in [0.2, 0.25) is 0 Å². The Hall–Kier alpha value is -0.300. The molecule has 1 heteroatoms. The first-order chi connectivity index (χ1) is 4.14. The lowest BCUT2D eigenvalue weighted by Gasteiger charge is -1.96. The summed E-state index contributed by atoms with van der Waals surface area (Å²) in [7, 11) is 0. The third kappa shape index (κ3) is 0.799. The normalized spacial score (nSPS) is 38.1. The molecule has 0 aromatic rings. The van der Waals surface area contributed by atoms with Crippen molar-refractivity contribution >= 4 is 0 Å². The number of aliphatic hydroxyl groups excluding tert-OH is 1. The molecule has 1 rings (SSSR count). The molecular formula is C8H14O. The number of hydrogen-bond acceptors (Lipinski definition) is 1. The molecule has 9 heavy (non-hydrogen) atoms. The second-order valence-electron chi connectivity index (χ2n) is 3.37. The third-order valence-electron chi connectivity index (χ3n) is 2.59. The third-order valence-corrected chi connectivity index (χ3v) is 2.59. The molecule has 1 aliphatic rings. The van der Waals surface area contributed by atoms with Gasteiger partial charge in [-0.3, -0.25) is 0 Å². The zero-order valence-corrected chi connectivity index (χ0v) is 6.09. The van der Waals surface area contributed by atoms with Crippen molar-refractivity contribution in [1.29, 1.82) is 0 Å². The summed E-state index contributed by atoms with van der Waals surface area (Å²) in [6.45, 7) is 8.35. The Morgan fingerprint density at radius 1 is 1.67 bits per heavy atom. The monoisotopic (exact) mass is 126 g/mol. The minimum absolute atomic E-state index is 0.309. The van der Waals surface area contributed by atoms with Crippen LogP contribution >= 0.6 is 0 Å². The highest BCUT2D eigenvalue weighted by Gasteiger charge is 2.54. The molecule has 1 N–H and O–H groups in total. The van der Waals surface area contributed by atoms with Crippen molar-refractivity contribution in [3.05, 3.63) is 12.7 Å². The van der Waals surface area contributed by atoms with Gasteiger partial charge in [-0.1, -0.05) is 19.9 Å². The summed E-state index contributed by atoms with van der Waals surface area (Å²) in [5.41, 5.74) is 0.316. The van der Waals surface area contributed by atoms with Crippen molar-refractivity contribution in [3.63, 3.8) is 0 Å². The van der Waals surface area contributed by atoms with Crippen LogP contribution in [0.25, 0.3) is 0 Å². The minimum atomic E-state index is 0.309. The van der Waals surface area contributed by atoms with Gasteiger partial charge in [0.2, 0.25) is 0 Å². The van der Waals surface area contributed by atoms with Gasteiger partial charge in [-0.15, -0.1) is 6.58 Å². The molecule has 0 aromatic carbocycles. The van der Waals surface area contributed by atoms with Gasteiger partial charge in [-0.05, 0) is 17.3 Å². The van der Waals surface area contributed by atoms with E-state index in [0.717, 1.165) is 0 Å². The van der Waals surface area contributed by atoms with Gasteiger partial charge < -0.3 is 5.11 Å².